The lowest BCUT2D eigenvalue weighted by atomic mass is 10.3. The van der Waals surface area contributed by atoms with Crippen LogP contribution >= 0.6 is 0 Å². The fourth-order valence-electron chi connectivity index (χ4n) is 2.55. The van der Waals surface area contributed by atoms with Crippen LogP contribution in [0.1, 0.15) is 19.8 Å². The summed E-state index contributed by atoms with van der Waals surface area (Å²) in [7, 11) is 0. The molecule has 1 saturated heterocycles. The van der Waals surface area contributed by atoms with Crippen molar-refractivity contribution >= 4 is 11.3 Å². The molecule has 1 aliphatic rings. The minimum Gasteiger partial charge on any atom is -0.367 e. The van der Waals surface area contributed by atoms with E-state index in [0.29, 0.717) is 6.04 Å². The van der Waals surface area contributed by atoms with E-state index < -0.39 is 0 Å². The molecule has 96 valence electrons. The van der Waals surface area contributed by atoms with Crippen LogP contribution in [-0.2, 0) is 0 Å². The second-order valence-corrected chi connectivity index (χ2v) is 4.91. The zero-order chi connectivity index (χ0) is 12.4. The van der Waals surface area contributed by atoms with Crippen LogP contribution in [0.2, 0.25) is 0 Å². The Hall–Kier alpha value is -1.62. The van der Waals surface area contributed by atoms with Crippen molar-refractivity contribution in [3.05, 3.63) is 24.7 Å². The van der Waals surface area contributed by atoms with Gasteiger partial charge in [-0.15, -0.1) is 0 Å². The largest absolute Gasteiger partial charge is 0.367 e. The molecule has 2 aromatic heterocycles. The quantitative estimate of drug-likeness (QED) is 0.889. The van der Waals surface area contributed by atoms with Crippen molar-refractivity contribution in [2.24, 2.45) is 0 Å². The summed E-state index contributed by atoms with van der Waals surface area (Å²) in [5.41, 5.74) is 1.03. The molecule has 1 unspecified atom stereocenters. The number of likely N-dealkylation sites (tertiary alicyclic amines) is 1. The lowest BCUT2D eigenvalue weighted by Crippen LogP contribution is -2.35. The Labute approximate surface area is 107 Å². The molecule has 0 saturated carbocycles. The zero-order valence-corrected chi connectivity index (χ0v) is 10.7. The topological polar surface area (TPSA) is 45.5 Å². The van der Waals surface area contributed by atoms with Crippen LogP contribution in [0.3, 0.4) is 0 Å². The number of nitrogens with one attached hydrogen (secondary N) is 1. The predicted octanol–water partition coefficient (Wildman–Crippen LogP) is 1.63. The zero-order valence-electron chi connectivity index (χ0n) is 10.7. The average molecular weight is 245 g/mol. The minimum atomic E-state index is 0.553. The Kier molecular flexibility index (Phi) is 3.15. The Bertz CT molecular complexity index is 515. The molecule has 0 bridgehead atoms. The number of aromatic nitrogens is 3. The highest BCUT2D eigenvalue weighted by Crippen LogP contribution is 2.15. The van der Waals surface area contributed by atoms with Gasteiger partial charge in [-0.3, -0.25) is 4.90 Å². The normalized spacial score (nSPS) is 18.3. The third-order valence-corrected chi connectivity index (χ3v) is 3.65. The first-order chi connectivity index (χ1) is 8.84. The van der Waals surface area contributed by atoms with E-state index in [9.17, 15) is 0 Å². The Balaban J connectivity index is 1.67. The van der Waals surface area contributed by atoms with Crippen molar-refractivity contribution in [2.45, 2.75) is 25.8 Å². The Morgan fingerprint density at radius 1 is 1.33 bits per heavy atom. The number of hydrogen-bond acceptors (Lipinski definition) is 4. The van der Waals surface area contributed by atoms with Gasteiger partial charge in [0, 0.05) is 25.0 Å². The van der Waals surface area contributed by atoms with Gasteiger partial charge >= 0.3 is 0 Å². The molecule has 0 aliphatic carbocycles. The highest BCUT2D eigenvalue weighted by Gasteiger charge is 2.17. The molecule has 1 atom stereocenters. The number of rotatable bonds is 4. The van der Waals surface area contributed by atoms with Crippen LogP contribution in [-0.4, -0.2) is 45.2 Å². The highest BCUT2D eigenvalue weighted by molar-refractivity contribution is 5.66. The van der Waals surface area contributed by atoms with Crippen molar-refractivity contribution in [3.8, 4) is 0 Å². The van der Waals surface area contributed by atoms with Crippen LogP contribution in [0.5, 0.6) is 0 Å². The van der Waals surface area contributed by atoms with Gasteiger partial charge in [0.15, 0.2) is 5.82 Å². The van der Waals surface area contributed by atoms with Gasteiger partial charge < -0.3 is 5.32 Å². The summed E-state index contributed by atoms with van der Waals surface area (Å²) in [6.45, 7) is 5.66. The first-order valence-corrected chi connectivity index (χ1v) is 6.61. The second-order valence-electron chi connectivity index (χ2n) is 4.91. The monoisotopic (exact) mass is 245 g/mol. The van der Waals surface area contributed by atoms with Gasteiger partial charge in [0.1, 0.15) is 5.52 Å². The lowest BCUT2D eigenvalue weighted by Gasteiger charge is -2.24. The van der Waals surface area contributed by atoms with Crippen LogP contribution in [0, 0.1) is 0 Å². The first-order valence-electron chi connectivity index (χ1n) is 6.61. The standard InChI is InChI=1S/C13H19N5/c1-11(17-7-2-3-8-17)10-15-13-12-4-5-16-18(12)9-6-14-13/h4-6,9,11H,2-3,7-8,10H2,1H3,(H,14,15). The summed E-state index contributed by atoms with van der Waals surface area (Å²) in [5.74, 6) is 0.918. The fourth-order valence-corrected chi connectivity index (χ4v) is 2.55. The third kappa shape index (κ3) is 2.18. The smallest absolute Gasteiger partial charge is 0.152 e. The van der Waals surface area contributed by atoms with Gasteiger partial charge in [0.2, 0.25) is 0 Å². The molecular formula is C13H19N5. The summed E-state index contributed by atoms with van der Waals surface area (Å²) < 4.78 is 1.84. The van der Waals surface area contributed by atoms with Crippen LogP contribution < -0.4 is 5.32 Å². The van der Waals surface area contributed by atoms with E-state index in [4.69, 9.17) is 0 Å². The van der Waals surface area contributed by atoms with E-state index in [1.165, 1.54) is 25.9 Å². The van der Waals surface area contributed by atoms with Crippen molar-refractivity contribution in [1.29, 1.82) is 0 Å². The molecule has 5 heteroatoms. The lowest BCUT2D eigenvalue weighted by molar-refractivity contribution is 0.269. The van der Waals surface area contributed by atoms with Crippen molar-refractivity contribution in [3.63, 3.8) is 0 Å². The summed E-state index contributed by atoms with van der Waals surface area (Å²) in [5, 5.41) is 7.65. The molecule has 0 spiro atoms. The predicted molar refractivity (Wildman–Crippen MR) is 71.7 cm³/mol. The molecule has 1 fully saturated rings. The van der Waals surface area contributed by atoms with Crippen molar-refractivity contribution in [2.75, 3.05) is 25.0 Å². The fraction of sp³-hybridized carbons (Fsp3) is 0.538. The van der Waals surface area contributed by atoms with E-state index in [-0.39, 0.29) is 0 Å². The molecule has 1 N–H and O–H groups in total. The van der Waals surface area contributed by atoms with Crippen LogP contribution in [0.25, 0.3) is 5.52 Å². The van der Waals surface area contributed by atoms with E-state index in [2.05, 4.69) is 27.2 Å². The molecule has 3 rings (SSSR count). The van der Waals surface area contributed by atoms with E-state index >= 15 is 0 Å². The van der Waals surface area contributed by atoms with E-state index in [1.54, 1.807) is 12.4 Å². The minimum absolute atomic E-state index is 0.553. The van der Waals surface area contributed by atoms with Gasteiger partial charge in [0.25, 0.3) is 0 Å². The summed E-state index contributed by atoms with van der Waals surface area (Å²) in [4.78, 5) is 6.92. The molecule has 5 nitrogen and oxygen atoms in total. The summed E-state index contributed by atoms with van der Waals surface area (Å²) in [6.07, 6.45) is 8.11. The SMILES string of the molecule is CC(CNc1nccn2nccc12)N1CCCC1. The van der Waals surface area contributed by atoms with Crippen molar-refractivity contribution < 1.29 is 0 Å². The van der Waals surface area contributed by atoms with Gasteiger partial charge in [-0.25, -0.2) is 9.50 Å². The molecule has 18 heavy (non-hydrogen) atoms. The van der Waals surface area contributed by atoms with Gasteiger partial charge in [-0.1, -0.05) is 0 Å². The summed E-state index contributed by atoms with van der Waals surface area (Å²) >= 11 is 0. The van der Waals surface area contributed by atoms with Gasteiger partial charge in [0.05, 0.1) is 6.20 Å². The number of nitrogens with zero attached hydrogens (tertiary/aromatic N) is 4. The highest BCUT2D eigenvalue weighted by atomic mass is 15.2. The molecule has 0 amide bonds. The Morgan fingerprint density at radius 2 is 2.17 bits per heavy atom. The molecular weight excluding hydrogens is 226 g/mol. The average Bonchev–Trinajstić information content (AvgIpc) is 3.05. The number of fused-ring (bicyclic) bond motifs is 1. The third-order valence-electron chi connectivity index (χ3n) is 3.65. The molecule has 1 aliphatic heterocycles. The maximum atomic E-state index is 4.39. The van der Waals surface area contributed by atoms with Crippen LogP contribution in [0.15, 0.2) is 24.7 Å². The molecule has 0 aromatic carbocycles. The second kappa shape index (κ2) is 4.94. The van der Waals surface area contributed by atoms with Gasteiger partial charge in [-0.2, -0.15) is 5.10 Å². The van der Waals surface area contributed by atoms with E-state index in [0.717, 1.165) is 17.9 Å². The maximum Gasteiger partial charge on any atom is 0.152 e. The molecule has 2 aromatic rings. The number of hydrogen-bond donors (Lipinski definition) is 1. The van der Waals surface area contributed by atoms with E-state index in [1.807, 2.05) is 16.8 Å². The van der Waals surface area contributed by atoms with Crippen LogP contribution in [0.4, 0.5) is 5.82 Å². The number of anilines is 1. The Morgan fingerprint density at radius 3 is 3.00 bits per heavy atom. The van der Waals surface area contributed by atoms with Gasteiger partial charge in [-0.05, 0) is 38.9 Å². The molecule has 0 radical (unpaired) electrons. The molecule has 3 heterocycles. The van der Waals surface area contributed by atoms with Crippen molar-refractivity contribution in [1.82, 2.24) is 19.5 Å². The summed E-state index contributed by atoms with van der Waals surface area (Å²) in [6, 6.07) is 2.54. The first kappa shape index (κ1) is 11.5. The maximum absolute atomic E-state index is 4.39.